The summed E-state index contributed by atoms with van der Waals surface area (Å²) < 4.78 is 29.1. The van der Waals surface area contributed by atoms with Crippen molar-refractivity contribution in [3.05, 3.63) is 60.3 Å². The third kappa shape index (κ3) is 2.70. The van der Waals surface area contributed by atoms with E-state index in [-0.39, 0.29) is 5.75 Å². The van der Waals surface area contributed by atoms with Crippen LogP contribution in [0.4, 0.5) is 8.78 Å². The van der Waals surface area contributed by atoms with E-state index in [4.69, 9.17) is 0 Å². The van der Waals surface area contributed by atoms with Crippen molar-refractivity contribution in [1.29, 1.82) is 0 Å². The van der Waals surface area contributed by atoms with Gasteiger partial charge in [-0.05, 0) is 42.1 Å². The lowest BCUT2D eigenvalue weighted by atomic mass is 10.0. The highest BCUT2D eigenvalue weighted by atomic mass is 19.3. The fourth-order valence-electron chi connectivity index (χ4n) is 2.37. The van der Waals surface area contributed by atoms with E-state index in [1.165, 1.54) is 0 Å². The van der Waals surface area contributed by atoms with Crippen molar-refractivity contribution in [3.63, 3.8) is 0 Å². The smallest absolute Gasteiger partial charge is 0.387 e. The average Bonchev–Trinajstić information content (AvgIpc) is 2.48. The van der Waals surface area contributed by atoms with Crippen molar-refractivity contribution in [2.24, 2.45) is 0 Å². The zero-order chi connectivity index (χ0) is 14.8. The largest absolute Gasteiger partial charge is 0.435 e. The molecule has 0 fully saturated rings. The molecule has 0 spiro atoms. The van der Waals surface area contributed by atoms with Crippen LogP contribution >= 0.6 is 0 Å². The summed E-state index contributed by atoms with van der Waals surface area (Å²) in [7, 11) is 0. The van der Waals surface area contributed by atoms with E-state index in [2.05, 4.69) is 9.72 Å². The van der Waals surface area contributed by atoms with Crippen LogP contribution in [0.15, 0.2) is 54.7 Å². The number of hydrogen-bond acceptors (Lipinski definition) is 2. The van der Waals surface area contributed by atoms with Gasteiger partial charge in [-0.25, -0.2) is 0 Å². The van der Waals surface area contributed by atoms with E-state index in [1.54, 1.807) is 25.3 Å². The van der Waals surface area contributed by atoms with Gasteiger partial charge in [0.15, 0.2) is 0 Å². The van der Waals surface area contributed by atoms with Gasteiger partial charge in [-0.1, -0.05) is 24.3 Å². The van der Waals surface area contributed by atoms with Crippen LogP contribution in [0.25, 0.3) is 22.0 Å². The molecule has 2 nitrogen and oxygen atoms in total. The van der Waals surface area contributed by atoms with E-state index in [1.807, 2.05) is 36.4 Å². The Kier molecular flexibility index (Phi) is 3.52. The van der Waals surface area contributed by atoms with Crippen LogP contribution < -0.4 is 4.74 Å². The average molecular weight is 285 g/mol. The first-order valence-corrected chi connectivity index (χ1v) is 6.55. The van der Waals surface area contributed by atoms with Crippen molar-refractivity contribution < 1.29 is 13.5 Å². The van der Waals surface area contributed by atoms with E-state index in [0.29, 0.717) is 5.56 Å². The maximum absolute atomic E-state index is 12.3. The maximum Gasteiger partial charge on any atom is 0.387 e. The molecular weight excluding hydrogens is 272 g/mol. The Hall–Kier alpha value is -2.49. The Bertz CT molecular complexity index is 781. The molecule has 0 radical (unpaired) electrons. The van der Waals surface area contributed by atoms with Gasteiger partial charge in [0.1, 0.15) is 5.75 Å². The Morgan fingerprint density at radius 2 is 1.86 bits per heavy atom. The van der Waals surface area contributed by atoms with Crippen LogP contribution in [0, 0.1) is 6.92 Å². The van der Waals surface area contributed by atoms with Crippen LogP contribution in [0.1, 0.15) is 5.56 Å². The number of pyridine rings is 1. The third-order valence-corrected chi connectivity index (χ3v) is 3.34. The van der Waals surface area contributed by atoms with Gasteiger partial charge >= 0.3 is 6.61 Å². The Balaban J connectivity index is 2.09. The van der Waals surface area contributed by atoms with Crippen molar-refractivity contribution in [3.8, 4) is 17.0 Å². The number of benzene rings is 2. The second-order valence-corrected chi connectivity index (χ2v) is 4.74. The highest BCUT2D eigenvalue weighted by molar-refractivity contribution is 5.94. The van der Waals surface area contributed by atoms with Gasteiger partial charge in [-0.15, -0.1) is 0 Å². The van der Waals surface area contributed by atoms with Crippen molar-refractivity contribution in [2.75, 3.05) is 0 Å². The van der Waals surface area contributed by atoms with E-state index in [0.717, 1.165) is 22.0 Å². The fourth-order valence-corrected chi connectivity index (χ4v) is 2.37. The lowest BCUT2D eigenvalue weighted by Crippen LogP contribution is -2.03. The van der Waals surface area contributed by atoms with Gasteiger partial charge in [0.25, 0.3) is 0 Å². The van der Waals surface area contributed by atoms with Crippen LogP contribution in [-0.2, 0) is 0 Å². The van der Waals surface area contributed by atoms with Crippen LogP contribution in [-0.4, -0.2) is 11.6 Å². The predicted molar refractivity (Wildman–Crippen MR) is 78.5 cm³/mol. The Morgan fingerprint density at radius 1 is 1.05 bits per heavy atom. The fraction of sp³-hybridized carbons (Fsp3) is 0.118. The summed E-state index contributed by atoms with van der Waals surface area (Å²) in [5, 5.41) is 2.12. The first kappa shape index (κ1) is 13.5. The highest BCUT2D eigenvalue weighted by Gasteiger charge is 2.10. The highest BCUT2D eigenvalue weighted by Crippen LogP contribution is 2.30. The molecule has 0 amide bonds. The lowest BCUT2D eigenvalue weighted by Gasteiger charge is -2.10. The molecule has 0 aliphatic rings. The molecule has 3 rings (SSSR count). The number of ether oxygens (including phenoxy) is 1. The second kappa shape index (κ2) is 5.48. The summed E-state index contributed by atoms with van der Waals surface area (Å²) in [6.07, 6.45) is 1.75. The van der Waals surface area contributed by atoms with Gasteiger partial charge in [-0.3, -0.25) is 4.98 Å². The molecule has 0 bridgehead atoms. The van der Waals surface area contributed by atoms with Gasteiger partial charge in [-0.2, -0.15) is 8.78 Å². The molecular formula is C17H13F2NO. The number of rotatable bonds is 3. The topological polar surface area (TPSA) is 22.1 Å². The molecule has 1 aromatic heterocycles. The third-order valence-electron chi connectivity index (χ3n) is 3.34. The van der Waals surface area contributed by atoms with Crippen LogP contribution in [0.5, 0.6) is 5.75 Å². The molecule has 1 heterocycles. The van der Waals surface area contributed by atoms with E-state index < -0.39 is 6.61 Å². The zero-order valence-corrected chi connectivity index (χ0v) is 11.4. The van der Waals surface area contributed by atoms with Gasteiger partial charge in [0.2, 0.25) is 0 Å². The molecule has 0 aliphatic heterocycles. The molecule has 2 aromatic carbocycles. The number of hydrogen-bond donors (Lipinski definition) is 0. The molecule has 0 unspecified atom stereocenters. The minimum atomic E-state index is -2.81. The normalized spacial score (nSPS) is 11.0. The summed E-state index contributed by atoms with van der Waals surface area (Å²) in [6.45, 7) is -1.07. The van der Waals surface area contributed by atoms with Crippen molar-refractivity contribution >= 4 is 10.8 Å². The quantitative estimate of drug-likeness (QED) is 0.689. The number of nitrogens with zero attached hydrogens (tertiary/aromatic N) is 1. The Morgan fingerprint density at radius 3 is 2.62 bits per heavy atom. The monoisotopic (exact) mass is 285 g/mol. The molecule has 0 saturated carbocycles. The van der Waals surface area contributed by atoms with E-state index >= 15 is 0 Å². The van der Waals surface area contributed by atoms with Gasteiger partial charge < -0.3 is 4.74 Å². The zero-order valence-electron chi connectivity index (χ0n) is 11.4. The van der Waals surface area contributed by atoms with Crippen LogP contribution in [0.2, 0.25) is 0 Å². The van der Waals surface area contributed by atoms with Crippen molar-refractivity contribution in [2.45, 2.75) is 13.5 Å². The molecule has 0 N–H and O–H groups in total. The number of alkyl halides is 2. The number of fused-ring (bicyclic) bond motifs is 1. The molecule has 0 aliphatic carbocycles. The van der Waals surface area contributed by atoms with E-state index in [9.17, 15) is 8.78 Å². The summed E-state index contributed by atoms with van der Waals surface area (Å²) in [4.78, 5) is 4.42. The molecule has 106 valence electrons. The first-order chi connectivity index (χ1) is 10.1. The van der Waals surface area contributed by atoms with Crippen LogP contribution in [0.3, 0.4) is 0 Å². The molecule has 0 atom stereocenters. The maximum atomic E-state index is 12.3. The second-order valence-electron chi connectivity index (χ2n) is 4.74. The molecule has 4 heteroatoms. The van der Waals surface area contributed by atoms with Gasteiger partial charge in [0, 0.05) is 17.1 Å². The standard InChI is InChI=1S/C17H13F2NO/c1-11-10-13(6-7-15(11)21-17(18)19)16-14-5-3-2-4-12(14)8-9-20-16/h2-10,17H,1H3. The summed E-state index contributed by atoms with van der Waals surface area (Å²) in [5.74, 6) is 0.189. The number of aryl methyl sites for hydroxylation is 1. The minimum absolute atomic E-state index is 0.189. The summed E-state index contributed by atoms with van der Waals surface area (Å²) in [6, 6.07) is 15.0. The minimum Gasteiger partial charge on any atom is -0.435 e. The van der Waals surface area contributed by atoms with Gasteiger partial charge in [0.05, 0.1) is 5.69 Å². The Labute approximate surface area is 121 Å². The predicted octanol–water partition coefficient (Wildman–Crippen LogP) is 4.81. The summed E-state index contributed by atoms with van der Waals surface area (Å²) in [5.41, 5.74) is 2.37. The number of aromatic nitrogens is 1. The summed E-state index contributed by atoms with van der Waals surface area (Å²) >= 11 is 0. The SMILES string of the molecule is Cc1cc(-c2nccc3ccccc23)ccc1OC(F)F. The van der Waals surface area contributed by atoms with Crippen molar-refractivity contribution in [1.82, 2.24) is 4.98 Å². The molecule has 3 aromatic rings. The molecule has 0 saturated heterocycles. The number of halogens is 2. The lowest BCUT2D eigenvalue weighted by molar-refractivity contribution is -0.0502. The molecule has 21 heavy (non-hydrogen) atoms. The first-order valence-electron chi connectivity index (χ1n) is 6.55.